The number of H-pyrrole nitrogens is 1. The fourth-order valence-corrected chi connectivity index (χ4v) is 3.57. The van der Waals surface area contributed by atoms with Crippen LogP contribution in [0.4, 0.5) is 4.39 Å². The van der Waals surface area contributed by atoms with E-state index in [2.05, 4.69) is 15.2 Å². The number of fused-ring (bicyclic) bond motifs is 1. The van der Waals surface area contributed by atoms with Crippen molar-refractivity contribution < 1.29 is 13.5 Å². The number of rotatable bonds is 7. The standard InChI is InChI=1S/C21H18FN3O3S/c1-13-11-19(26)28-18-12-16(7-8-17(13)18)27-9-2-10-29-21-23-20(24-25-21)14-3-5-15(22)6-4-14/h3-8,11-12H,2,9-10H2,1H3,(H,23,24,25). The van der Waals surface area contributed by atoms with Crippen LogP contribution in [-0.2, 0) is 0 Å². The maximum Gasteiger partial charge on any atom is 0.336 e. The maximum atomic E-state index is 13.0. The SMILES string of the molecule is Cc1cc(=O)oc2cc(OCCCSc3n[nH]c(-c4ccc(F)cc4)n3)ccc12. The molecule has 2 heterocycles. The summed E-state index contributed by atoms with van der Waals surface area (Å²) in [6.45, 7) is 2.39. The number of hydrogen-bond acceptors (Lipinski definition) is 6. The summed E-state index contributed by atoms with van der Waals surface area (Å²) in [6.07, 6.45) is 0.793. The second-order valence-corrected chi connectivity index (χ2v) is 7.49. The van der Waals surface area contributed by atoms with Crippen LogP contribution >= 0.6 is 11.8 Å². The molecule has 0 saturated heterocycles. The smallest absolute Gasteiger partial charge is 0.336 e. The highest BCUT2D eigenvalue weighted by Crippen LogP contribution is 2.23. The molecule has 0 unspecified atom stereocenters. The van der Waals surface area contributed by atoms with Gasteiger partial charge in [-0.1, -0.05) is 11.8 Å². The summed E-state index contributed by atoms with van der Waals surface area (Å²) in [5.41, 5.74) is 1.82. The number of halogens is 1. The van der Waals surface area contributed by atoms with Gasteiger partial charge in [-0.05, 0) is 55.3 Å². The lowest BCUT2D eigenvalue weighted by Gasteiger charge is -2.07. The predicted octanol–water partition coefficient (Wildman–Crippen LogP) is 4.59. The molecular formula is C21H18FN3O3S. The minimum absolute atomic E-state index is 0.286. The molecule has 0 spiro atoms. The Morgan fingerprint density at radius 3 is 2.83 bits per heavy atom. The lowest BCUT2D eigenvalue weighted by molar-refractivity contribution is 0.318. The number of ether oxygens (including phenoxy) is 1. The monoisotopic (exact) mass is 411 g/mol. The summed E-state index contributed by atoms with van der Waals surface area (Å²) < 4.78 is 24.0. The van der Waals surface area contributed by atoms with Crippen LogP contribution in [0.15, 0.2) is 62.9 Å². The molecule has 148 valence electrons. The molecule has 0 fully saturated rings. The third-order valence-electron chi connectivity index (χ3n) is 4.29. The third kappa shape index (κ3) is 4.65. The summed E-state index contributed by atoms with van der Waals surface area (Å²) in [7, 11) is 0. The van der Waals surface area contributed by atoms with E-state index in [-0.39, 0.29) is 11.4 Å². The number of nitrogens with zero attached hydrogens (tertiary/aromatic N) is 2. The van der Waals surface area contributed by atoms with Crippen molar-refractivity contribution in [2.24, 2.45) is 0 Å². The normalized spacial score (nSPS) is 11.1. The van der Waals surface area contributed by atoms with Crippen LogP contribution in [0.5, 0.6) is 5.75 Å². The third-order valence-corrected chi connectivity index (χ3v) is 5.23. The summed E-state index contributed by atoms with van der Waals surface area (Å²) in [6, 6.07) is 13.1. The molecule has 0 aliphatic rings. The Bertz CT molecular complexity index is 1190. The average Bonchev–Trinajstić information content (AvgIpc) is 3.17. The first-order valence-corrected chi connectivity index (χ1v) is 10.1. The van der Waals surface area contributed by atoms with Crippen LogP contribution in [0.1, 0.15) is 12.0 Å². The van der Waals surface area contributed by atoms with Crippen molar-refractivity contribution >= 4 is 22.7 Å². The molecule has 0 aliphatic heterocycles. The Morgan fingerprint density at radius 2 is 2.00 bits per heavy atom. The number of benzene rings is 2. The average molecular weight is 411 g/mol. The Balaban J connectivity index is 1.27. The molecule has 0 bridgehead atoms. The van der Waals surface area contributed by atoms with E-state index in [1.807, 2.05) is 19.1 Å². The molecule has 6 nitrogen and oxygen atoms in total. The molecule has 4 rings (SSSR count). The predicted molar refractivity (Wildman–Crippen MR) is 110 cm³/mol. The molecule has 0 radical (unpaired) electrons. The van der Waals surface area contributed by atoms with Gasteiger partial charge < -0.3 is 9.15 Å². The van der Waals surface area contributed by atoms with Crippen molar-refractivity contribution in [2.75, 3.05) is 12.4 Å². The highest BCUT2D eigenvalue weighted by atomic mass is 32.2. The van der Waals surface area contributed by atoms with Gasteiger partial charge in [-0.25, -0.2) is 14.2 Å². The van der Waals surface area contributed by atoms with E-state index in [1.54, 1.807) is 18.2 Å². The van der Waals surface area contributed by atoms with Crippen molar-refractivity contribution in [3.05, 3.63) is 70.3 Å². The van der Waals surface area contributed by atoms with Gasteiger partial charge in [0.15, 0.2) is 5.82 Å². The summed E-state index contributed by atoms with van der Waals surface area (Å²) >= 11 is 1.51. The molecule has 0 aliphatic carbocycles. The topological polar surface area (TPSA) is 81.0 Å². The Labute approximate surface area is 170 Å². The van der Waals surface area contributed by atoms with Crippen LogP contribution in [0.2, 0.25) is 0 Å². The van der Waals surface area contributed by atoms with Gasteiger partial charge in [0, 0.05) is 28.8 Å². The molecular weight excluding hydrogens is 393 g/mol. The first-order valence-electron chi connectivity index (χ1n) is 9.07. The number of hydrogen-bond donors (Lipinski definition) is 1. The van der Waals surface area contributed by atoms with Gasteiger partial charge in [0.2, 0.25) is 5.16 Å². The van der Waals surface area contributed by atoms with Crippen molar-refractivity contribution in [3.63, 3.8) is 0 Å². The van der Waals surface area contributed by atoms with Crippen LogP contribution in [0.3, 0.4) is 0 Å². The molecule has 2 aromatic carbocycles. The minimum atomic E-state index is -0.366. The van der Waals surface area contributed by atoms with Gasteiger partial charge in [0.05, 0.1) is 6.61 Å². The second kappa shape index (κ2) is 8.48. The number of aromatic nitrogens is 3. The molecule has 0 saturated carbocycles. The molecule has 8 heteroatoms. The Kier molecular flexibility index (Phi) is 5.62. The summed E-state index contributed by atoms with van der Waals surface area (Å²) in [5, 5.41) is 8.56. The zero-order valence-corrected chi connectivity index (χ0v) is 16.5. The van der Waals surface area contributed by atoms with E-state index in [9.17, 15) is 9.18 Å². The minimum Gasteiger partial charge on any atom is -0.493 e. The first kappa shape index (κ1) is 19.2. The fraction of sp³-hybridized carbons (Fsp3) is 0.190. The molecule has 1 N–H and O–H groups in total. The second-order valence-electron chi connectivity index (χ2n) is 6.43. The van der Waals surface area contributed by atoms with Gasteiger partial charge in [0.25, 0.3) is 0 Å². The molecule has 2 aromatic heterocycles. The largest absolute Gasteiger partial charge is 0.493 e. The van der Waals surface area contributed by atoms with Crippen LogP contribution in [0, 0.1) is 12.7 Å². The zero-order chi connectivity index (χ0) is 20.2. The summed E-state index contributed by atoms with van der Waals surface area (Å²) in [5.74, 6) is 1.76. The van der Waals surface area contributed by atoms with Crippen LogP contribution in [0.25, 0.3) is 22.4 Å². The highest BCUT2D eigenvalue weighted by molar-refractivity contribution is 7.99. The van der Waals surface area contributed by atoms with Crippen molar-refractivity contribution in [3.8, 4) is 17.1 Å². The van der Waals surface area contributed by atoms with Gasteiger partial charge in [-0.15, -0.1) is 5.10 Å². The van der Waals surface area contributed by atoms with Gasteiger partial charge in [-0.2, -0.15) is 0 Å². The van der Waals surface area contributed by atoms with E-state index >= 15 is 0 Å². The van der Waals surface area contributed by atoms with Gasteiger partial charge >= 0.3 is 5.63 Å². The van der Waals surface area contributed by atoms with E-state index < -0.39 is 0 Å². The summed E-state index contributed by atoms with van der Waals surface area (Å²) in [4.78, 5) is 15.9. The van der Waals surface area contributed by atoms with Crippen LogP contribution in [-0.4, -0.2) is 27.5 Å². The van der Waals surface area contributed by atoms with E-state index in [1.165, 1.54) is 30.0 Å². The van der Waals surface area contributed by atoms with E-state index in [0.717, 1.165) is 28.7 Å². The number of aryl methyl sites for hydroxylation is 1. The van der Waals surface area contributed by atoms with E-state index in [0.29, 0.717) is 28.9 Å². The Hall–Kier alpha value is -3.13. The maximum absolute atomic E-state index is 13.0. The molecule has 29 heavy (non-hydrogen) atoms. The van der Waals surface area contributed by atoms with Crippen molar-refractivity contribution in [1.82, 2.24) is 15.2 Å². The lowest BCUT2D eigenvalue weighted by atomic mass is 10.1. The highest BCUT2D eigenvalue weighted by Gasteiger charge is 2.07. The van der Waals surface area contributed by atoms with Crippen molar-refractivity contribution in [1.29, 1.82) is 0 Å². The van der Waals surface area contributed by atoms with Crippen molar-refractivity contribution in [2.45, 2.75) is 18.5 Å². The molecule has 4 aromatic rings. The number of thioether (sulfide) groups is 1. The Morgan fingerprint density at radius 1 is 1.17 bits per heavy atom. The molecule has 0 atom stereocenters. The number of nitrogens with one attached hydrogen (secondary N) is 1. The molecule has 0 amide bonds. The lowest BCUT2D eigenvalue weighted by Crippen LogP contribution is -2.00. The fourth-order valence-electron chi connectivity index (χ4n) is 2.86. The zero-order valence-electron chi connectivity index (χ0n) is 15.6. The van der Waals surface area contributed by atoms with Crippen LogP contribution < -0.4 is 10.4 Å². The van der Waals surface area contributed by atoms with Gasteiger partial charge in [0.1, 0.15) is 17.1 Å². The number of aromatic amines is 1. The van der Waals surface area contributed by atoms with Gasteiger partial charge in [-0.3, -0.25) is 5.10 Å². The quantitative estimate of drug-likeness (QED) is 0.272. The van der Waals surface area contributed by atoms with E-state index in [4.69, 9.17) is 9.15 Å². The first-order chi connectivity index (χ1) is 14.1.